The Labute approximate surface area is 115 Å². The number of nitrogens with zero attached hydrogens (tertiary/aromatic N) is 1. The third-order valence-corrected chi connectivity index (χ3v) is 6.22. The highest BCUT2D eigenvalue weighted by atomic mass is 32.2. The molecule has 1 saturated heterocycles. The molecule has 1 fully saturated rings. The van der Waals surface area contributed by atoms with Crippen molar-refractivity contribution in [3.05, 3.63) is 34.4 Å². The first-order valence-corrected chi connectivity index (χ1v) is 8.97. The number of rotatable bonds is 4. The molecule has 0 aromatic heterocycles. The molecule has 0 saturated carbocycles. The predicted molar refractivity (Wildman–Crippen MR) is 70.5 cm³/mol. The Bertz CT molecular complexity index is 724. The molecule has 0 bridgehead atoms. The van der Waals surface area contributed by atoms with Gasteiger partial charge in [-0.2, -0.15) is 0 Å². The highest BCUT2D eigenvalue weighted by Gasteiger charge is 2.31. The van der Waals surface area contributed by atoms with Gasteiger partial charge in [0.1, 0.15) is 0 Å². The van der Waals surface area contributed by atoms with Gasteiger partial charge < -0.3 is 0 Å². The van der Waals surface area contributed by atoms with Crippen molar-refractivity contribution in [1.82, 2.24) is 4.72 Å². The second-order valence-corrected chi connectivity index (χ2v) is 8.41. The largest absolute Gasteiger partial charge is 0.269 e. The number of nitro benzene ring substituents is 1. The fraction of sp³-hybridized carbons (Fsp3) is 0.400. The molecule has 1 heterocycles. The maximum atomic E-state index is 12.0. The van der Waals surface area contributed by atoms with Crippen LogP contribution < -0.4 is 4.72 Å². The summed E-state index contributed by atoms with van der Waals surface area (Å²) in [5, 5.41) is 10.5. The van der Waals surface area contributed by atoms with E-state index in [-0.39, 0.29) is 28.5 Å². The molecule has 1 aliphatic heterocycles. The average molecular weight is 320 g/mol. The van der Waals surface area contributed by atoms with E-state index in [0.717, 1.165) is 24.3 Å². The van der Waals surface area contributed by atoms with Gasteiger partial charge >= 0.3 is 0 Å². The lowest BCUT2D eigenvalue weighted by Gasteiger charge is -2.11. The molecule has 2 rings (SSSR count). The summed E-state index contributed by atoms with van der Waals surface area (Å²) in [6.45, 7) is 0. The van der Waals surface area contributed by atoms with Gasteiger partial charge in [0.15, 0.2) is 9.84 Å². The van der Waals surface area contributed by atoms with E-state index in [1.54, 1.807) is 0 Å². The van der Waals surface area contributed by atoms with Gasteiger partial charge in [0.2, 0.25) is 10.0 Å². The zero-order valence-electron chi connectivity index (χ0n) is 10.2. The number of sulfone groups is 1. The Hall–Kier alpha value is -1.52. The smallest absolute Gasteiger partial charge is 0.258 e. The van der Waals surface area contributed by atoms with E-state index in [1.807, 2.05) is 0 Å². The van der Waals surface area contributed by atoms with Crippen molar-refractivity contribution in [3.63, 3.8) is 0 Å². The van der Waals surface area contributed by atoms with Crippen LogP contribution in [0.4, 0.5) is 5.69 Å². The molecule has 1 N–H and O–H groups in total. The van der Waals surface area contributed by atoms with Crippen molar-refractivity contribution in [2.24, 2.45) is 0 Å². The van der Waals surface area contributed by atoms with Gasteiger partial charge in [-0.15, -0.1) is 0 Å². The van der Waals surface area contributed by atoms with E-state index in [4.69, 9.17) is 0 Å². The number of non-ortho nitro benzene ring substituents is 1. The molecule has 0 amide bonds. The number of nitrogens with one attached hydrogen (secondary N) is 1. The zero-order valence-corrected chi connectivity index (χ0v) is 11.9. The zero-order chi connectivity index (χ0) is 15.0. The number of nitro groups is 1. The molecule has 1 atom stereocenters. The minimum absolute atomic E-state index is 0.0412. The predicted octanol–water partition coefficient (Wildman–Crippen LogP) is 0.0602. The average Bonchev–Trinajstić information content (AvgIpc) is 2.68. The molecule has 0 aliphatic carbocycles. The summed E-state index contributed by atoms with van der Waals surface area (Å²) in [5.74, 6) is -0.264. The lowest BCUT2D eigenvalue weighted by atomic mass is 10.3. The van der Waals surface area contributed by atoms with E-state index < -0.39 is 30.8 Å². The lowest BCUT2D eigenvalue weighted by molar-refractivity contribution is -0.384. The summed E-state index contributed by atoms with van der Waals surface area (Å²) >= 11 is 0. The molecule has 8 nitrogen and oxygen atoms in total. The summed E-state index contributed by atoms with van der Waals surface area (Å²) in [7, 11) is -7.06. The van der Waals surface area contributed by atoms with Gasteiger partial charge in [-0.3, -0.25) is 10.1 Å². The van der Waals surface area contributed by atoms with Crippen LogP contribution in [0.5, 0.6) is 0 Å². The first-order valence-electron chi connectivity index (χ1n) is 5.67. The molecule has 1 aromatic rings. The summed E-state index contributed by atoms with van der Waals surface area (Å²) in [6.07, 6.45) is 0.231. The van der Waals surface area contributed by atoms with Crippen LogP contribution in [0, 0.1) is 10.1 Å². The summed E-state index contributed by atoms with van der Waals surface area (Å²) in [4.78, 5) is 9.72. The SMILES string of the molecule is O=[N+]([O-])c1ccc(S(=O)(=O)N[C@H]2CCS(=O)(=O)C2)cc1. The molecule has 1 aliphatic rings. The third-order valence-electron chi connectivity index (χ3n) is 2.91. The molecular formula is C10H12N2O6S2. The lowest BCUT2D eigenvalue weighted by Crippen LogP contribution is -2.35. The molecule has 1 aromatic carbocycles. The minimum atomic E-state index is -3.87. The van der Waals surface area contributed by atoms with Crippen LogP contribution in [0.15, 0.2) is 29.2 Å². The molecule has 20 heavy (non-hydrogen) atoms. The minimum Gasteiger partial charge on any atom is -0.258 e. The van der Waals surface area contributed by atoms with Crippen LogP contribution in [-0.2, 0) is 19.9 Å². The normalized spacial score (nSPS) is 21.7. The topological polar surface area (TPSA) is 123 Å². The fourth-order valence-corrected chi connectivity index (χ4v) is 4.97. The van der Waals surface area contributed by atoms with E-state index >= 15 is 0 Å². The highest BCUT2D eigenvalue weighted by Crippen LogP contribution is 2.18. The Morgan fingerprint density at radius 1 is 1.25 bits per heavy atom. The summed E-state index contributed by atoms with van der Waals surface area (Å²) in [6, 6.07) is 3.74. The van der Waals surface area contributed by atoms with Crippen molar-refractivity contribution in [1.29, 1.82) is 0 Å². The number of hydrogen-bond donors (Lipinski definition) is 1. The fourth-order valence-electron chi connectivity index (χ4n) is 1.92. The molecule has 0 radical (unpaired) electrons. The quantitative estimate of drug-likeness (QED) is 0.618. The van der Waals surface area contributed by atoms with Crippen LogP contribution in [0.2, 0.25) is 0 Å². The van der Waals surface area contributed by atoms with Gasteiger partial charge in [-0.1, -0.05) is 0 Å². The first-order chi connectivity index (χ1) is 9.20. The summed E-state index contributed by atoms with van der Waals surface area (Å²) in [5.41, 5.74) is -0.215. The van der Waals surface area contributed by atoms with Crippen molar-refractivity contribution < 1.29 is 21.8 Å². The molecule has 0 unspecified atom stereocenters. The number of hydrogen-bond acceptors (Lipinski definition) is 6. The Balaban J connectivity index is 2.16. The van der Waals surface area contributed by atoms with Gasteiger partial charge in [0, 0.05) is 18.2 Å². The Morgan fingerprint density at radius 3 is 2.30 bits per heavy atom. The number of benzene rings is 1. The van der Waals surface area contributed by atoms with Crippen LogP contribution in [0.1, 0.15) is 6.42 Å². The maximum Gasteiger partial charge on any atom is 0.269 e. The monoisotopic (exact) mass is 320 g/mol. The maximum absolute atomic E-state index is 12.0. The van der Waals surface area contributed by atoms with Crippen molar-refractivity contribution in [2.75, 3.05) is 11.5 Å². The Kier molecular flexibility index (Phi) is 3.80. The third kappa shape index (κ3) is 3.32. The van der Waals surface area contributed by atoms with Crippen LogP contribution in [0.3, 0.4) is 0 Å². The standard InChI is InChI=1S/C10H12N2O6S2/c13-12(14)9-1-3-10(4-2-9)20(17,18)11-8-5-6-19(15,16)7-8/h1-4,8,11H,5-7H2/t8-/m0/s1. The van der Waals surface area contributed by atoms with E-state index in [1.165, 1.54) is 0 Å². The highest BCUT2D eigenvalue weighted by molar-refractivity contribution is 7.92. The molecule has 110 valence electrons. The van der Waals surface area contributed by atoms with Crippen molar-refractivity contribution in [3.8, 4) is 0 Å². The first kappa shape index (κ1) is 14.9. The molecule has 10 heteroatoms. The summed E-state index contributed by atoms with van der Waals surface area (Å²) < 4.78 is 48.9. The number of sulfonamides is 1. The van der Waals surface area contributed by atoms with Crippen LogP contribution >= 0.6 is 0 Å². The van der Waals surface area contributed by atoms with Gasteiger partial charge in [-0.25, -0.2) is 21.6 Å². The molecular weight excluding hydrogens is 308 g/mol. The van der Waals surface area contributed by atoms with Gasteiger partial charge in [-0.05, 0) is 18.6 Å². The van der Waals surface area contributed by atoms with E-state index in [0.29, 0.717) is 0 Å². The van der Waals surface area contributed by atoms with Crippen LogP contribution in [0.25, 0.3) is 0 Å². The molecule has 0 spiro atoms. The second-order valence-electron chi connectivity index (χ2n) is 4.47. The van der Waals surface area contributed by atoms with Crippen LogP contribution in [-0.4, -0.2) is 39.3 Å². The Morgan fingerprint density at radius 2 is 1.85 bits per heavy atom. The van der Waals surface area contributed by atoms with E-state index in [2.05, 4.69) is 4.72 Å². The van der Waals surface area contributed by atoms with Crippen molar-refractivity contribution >= 4 is 25.5 Å². The second kappa shape index (κ2) is 5.11. The van der Waals surface area contributed by atoms with E-state index in [9.17, 15) is 26.9 Å². The van der Waals surface area contributed by atoms with Crippen molar-refractivity contribution in [2.45, 2.75) is 17.4 Å². The van der Waals surface area contributed by atoms with Gasteiger partial charge in [0.25, 0.3) is 5.69 Å². The van der Waals surface area contributed by atoms with Gasteiger partial charge in [0.05, 0.1) is 21.3 Å².